The fraction of sp³-hybridized carbons (Fsp3) is 0.400. The van der Waals surface area contributed by atoms with Gasteiger partial charge < -0.3 is 18.9 Å². The Bertz CT molecular complexity index is 1290. The summed E-state index contributed by atoms with van der Waals surface area (Å²) >= 11 is 6.30. The SMILES string of the molecule is CCOC(=O)Cn1c(=O)c2c(nc3n2CCCN3c2ccc(OC)c(Cl)c2)n(C)c1=O. The summed E-state index contributed by atoms with van der Waals surface area (Å²) in [6.07, 6.45) is 0.752. The molecule has 2 aromatic heterocycles. The molecule has 0 N–H and O–H groups in total. The van der Waals surface area contributed by atoms with Crippen molar-refractivity contribution in [1.29, 1.82) is 0 Å². The summed E-state index contributed by atoms with van der Waals surface area (Å²) in [5, 5.41) is 0.456. The summed E-state index contributed by atoms with van der Waals surface area (Å²) in [4.78, 5) is 44.4. The first-order chi connectivity index (χ1) is 14.9. The number of ether oxygens (including phenoxy) is 2. The van der Waals surface area contributed by atoms with Gasteiger partial charge in [0.25, 0.3) is 5.56 Å². The van der Waals surface area contributed by atoms with Crippen LogP contribution >= 0.6 is 11.6 Å². The summed E-state index contributed by atoms with van der Waals surface area (Å²) < 4.78 is 14.1. The van der Waals surface area contributed by atoms with E-state index in [1.54, 1.807) is 30.7 Å². The lowest BCUT2D eigenvalue weighted by Crippen LogP contribution is -2.41. The van der Waals surface area contributed by atoms with Crippen molar-refractivity contribution in [2.24, 2.45) is 7.05 Å². The van der Waals surface area contributed by atoms with Crippen LogP contribution in [0.25, 0.3) is 11.2 Å². The van der Waals surface area contributed by atoms with E-state index in [9.17, 15) is 14.4 Å². The number of imidazole rings is 1. The van der Waals surface area contributed by atoms with Crippen molar-refractivity contribution >= 4 is 40.4 Å². The van der Waals surface area contributed by atoms with Gasteiger partial charge in [-0.2, -0.15) is 4.98 Å². The largest absolute Gasteiger partial charge is 0.495 e. The minimum absolute atomic E-state index is 0.164. The highest BCUT2D eigenvalue weighted by molar-refractivity contribution is 6.32. The number of aromatic nitrogens is 4. The maximum atomic E-state index is 13.2. The van der Waals surface area contributed by atoms with Gasteiger partial charge in [0.2, 0.25) is 5.95 Å². The van der Waals surface area contributed by atoms with Crippen molar-refractivity contribution in [3.8, 4) is 5.75 Å². The van der Waals surface area contributed by atoms with Crippen molar-refractivity contribution in [3.63, 3.8) is 0 Å². The zero-order valence-electron chi connectivity index (χ0n) is 17.4. The molecule has 0 spiro atoms. The smallest absolute Gasteiger partial charge is 0.333 e. The van der Waals surface area contributed by atoms with Gasteiger partial charge in [0.1, 0.15) is 12.3 Å². The zero-order chi connectivity index (χ0) is 22.3. The van der Waals surface area contributed by atoms with Gasteiger partial charge >= 0.3 is 11.7 Å². The molecule has 31 heavy (non-hydrogen) atoms. The van der Waals surface area contributed by atoms with Gasteiger partial charge in [0, 0.05) is 25.8 Å². The maximum Gasteiger partial charge on any atom is 0.333 e. The number of fused-ring (bicyclic) bond motifs is 3. The van der Waals surface area contributed by atoms with Gasteiger partial charge in [-0.15, -0.1) is 0 Å². The van der Waals surface area contributed by atoms with Gasteiger partial charge in [-0.1, -0.05) is 11.6 Å². The molecule has 3 heterocycles. The van der Waals surface area contributed by atoms with E-state index in [0.29, 0.717) is 29.8 Å². The Hall–Kier alpha value is -3.27. The number of carbonyl (C=O) groups excluding carboxylic acids is 1. The first-order valence-electron chi connectivity index (χ1n) is 9.84. The van der Waals surface area contributed by atoms with Crippen molar-refractivity contribution < 1.29 is 14.3 Å². The molecule has 0 radical (unpaired) electrons. The molecule has 11 heteroatoms. The standard InChI is InChI=1S/C20H22ClN5O5/c1-4-31-15(27)11-26-18(28)16-17(23(2)20(26)29)22-19-24(8-5-9-25(16)19)12-6-7-14(30-3)13(21)10-12/h6-7,10H,4-5,8-9,11H2,1-3H3. The quantitative estimate of drug-likeness (QED) is 0.548. The van der Waals surface area contributed by atoms with Gasteiger partial charge in [-0.25, -0.2) is 9.36 Å². The van der Waals surface area contributed by atoms with Crippen molar-refractivity contribution in [2.75, 3.05) is 25.2 Å². The molecule has 10 nitrogen and oxygen atoms in total. The number of hydrogen-bond acceptors (Lipinski definition) is 7. The third-order valence-corrected chi connectivity index (χ3v) is 5.55. The van der Waals surface area contributed by atoms with Crippen molar-refractivity contribution in [3.05, 3.63) is 44.1 Å². The predicted octanol–water partition coefficient (Wildman–Crippen LogP) is 1.66. The molecule has 3 aromatic rings. The van der Waals surface area contributed by atoms with Crippen molar-refractivity contribution in [2.45, 2.75) is 26.4 Å². The van der Waals surface area contributed by atoms with E-state index in [-0.39, 0.29) is 17.8 Å². The topological polar surface area (TPSA) is 101 Å². The van der Waals surface area contributed by atoms with Crippen LogP contribution < -0.4 is 20.9 Å². The Morgan fingerprint density at radius 1 is 1.26 bits per heavy atom. The minimum atomic E-state index is -0.645. The van der Waals surface area contributed by atoms with Crippen LogP contribution in [0, 0.1) is 0 Å². The summed E-state index contributed by atoms with van der Waals surface area (Å²) in [7, 11) is 3.07. The van der Waals surface area contributed by atoms with Crippen LogP contribution in [-0.4, -0.2) is 44.9 Å². The summed E-state index contributed by atoms with van der Waals surface area (Å²) in [5.41, 5.74) is 0.126. The van der Waals surface area contributed by atoms with Crippen LogP contribution in [0.15, 0.2) is 27.8 Å². The molecule has 0 unspecified atom stereocenters. The Kier molecular flexibility index (Phi) is 5.48. The molecule has 1 aliphatic rings. The molecule has 0 atom stereocenters. The molecule has 0 bridgehead atoms. The average molecular weight is 448 g/mol. The lowest BCUT2D eigenvalue weighted by atomic mass is 10.2. The first kappa shape index (κ1) is 21.0. The maximum absolute atomic E-state index is 13.2. The lowest BCUT2D eigenvalue weighted by Gasteiger charge is -2.29. The van der Waals surface area contributed by atoms with E-state index in [0.717, 1.165) is 16.7 Å². The van der Waals surface area contributed by atoms with E-state index < -0.39 is 23.8 Å². The van der Waals surface area contributed by atoms with E-state index in [4.69, 9.17) is 21.1 Å². The zero-order valence-corrected chi connectivity index (χ0v) is 18.2. The highest BCUT2D eigenvalue weighted by atomic mass is 35.5. The second kappa shape index (κ2) is 8.10. The molecular weight excluding hydrogens is 426 g/mol. The molecule has 0 saturated heterocycles. The van der Waals surface area contributed by atoms with E-state index in [1.165, 1.54) is 11.6 Å². The van der Waals surface area contributed by atoms with E-state index in [2.05, 4.69) is 4.98 Å². The molecular formula is C20H22ClN5O5. The minimum Gasteiger partial charge on any atom is -0.495 e. The van der Waals surface area contributed by atoms with Crippen LogP contribution in [0.2, 0.25) is 5.02 Å². The number of aryl methyl sites for hydroxylation is 2. The molecule has 0 aliphatic carbocycles. The predicted molar refractivity (Wildman–Crippen MR) is 115 cm³/mol. The number of hydrogen-bond donors (Lipinski definition) is 0. The monoisotopic (exact) mass is 447 g/mol. The highest BCUT2D eigenvalue weighted by Gasteiger charge is 2.27. The second-order valence-corrected chi connectivity index (χ2v) is 7.50. The third-order valence-electron chi connectivity index (χ3n) is 5.26. The molecule has 164 valence electrons. The van der Waals surface area contributed by atoms with Crippen LogP contribution in [0.4, 0.5) is 11.6 Å². The van der Waals surface area contributed by atoms with Gasteiger partial charge in [0.15, 0.2) is 11.2 Å². The lowest BCUT2D eigenvalue weighted by molar-refractivity contribution is -0.143. The number of benzene rings is 1. The summed E-state index contributed by atoms with van der Waals surface area (Å²) in [5.74, 6) is 0.442. The number of methoxy groups -OCH3 is 1. The Morgan fingerprint density at radius 3 is 2.71 bits per heavy atom. The number of carbonyl (C=O) groups is 1. The number of nitrogens with zero attached hydrogens (tertiary/aromatic N) is 5. The summed E-state index contributed by atoms with van der Waals surface area (Å²) in [6, 6.07) is 5.40. The fourth-order valence-corrected chi connectivity index (χ4v) is 4.06. The van der Waals surface area contributed by atoms with Crippen LogP contribution in [0.1, 0.15) is 13.3 Å². The van der Waals surface area contributed by atoms with Gasteiger partial charge in [-0.3, -0.25) is 14.2 Å². The van der Waals surface area contributed by atoms with Crippen LogP contribution in [0.3, 0.4) is 0 Å². The van der Waals surface area contributed by atoms with Crippen LogP contribution in [-0.2, 0) is 29.7 Å². The van der Waals surface area contributed by atoms with Crippen molar-refractivity contribution in [1.82, 2.24) is 18.7 Å². The molecule has 0 fully saturated rings. The first-order valence-corrected chi connectivity index (χ1v) is 10.2. The van der Waals surface area contributed by atoms with E-state index in [1.807, 2.05) is 11.0 Å². The number of esters is 1. The van der Waals surface area contributed by atoms with Gasteiger partial charge in [-0.05, 0) is 31.5 Å². The molecule has 1 aromatic carbocycles. The molecule has 0 saturated carbocycles. The van der Waals surface area contributed by atoms with E-state index >= 15 is 0 Å². The number of halogens is 1. The average Bonchev–Trinajstić information content (AvgIpc) is 3.15. The fourth-order valence-electron chi connectivity index (χ4n) is 3.81. The second-order valence-electron chi connectivity index (χ2n) is 7.10. The molecule has 1 aliphatic heterocycles. The normalized spacial score (nSPS) is 13.4. The Morgan fingerprint density at radius 2 is 2.03 bits per heavy atom. The highest BCUT2D eigenvalue weighted by Crippen LogP contribution is 2.35. The van der Waals surface area contributed by atoms with Gasteiger partial charge in [0.05, 0.1) is 18.7 Å². The number of rotatable bonds is 5. The Labute approximate surface area is 182 Å². The van der Waals surface area contributed by atoms with Crippen LogP contribution in [0.5, 0.6) is 5.75 Å². The molecule has 0 amide bonds. The Balaban J connectivity index is 1.88. The molecule has 4 rings (SSSR count). The third kappa shape index (κ3) is 3.46. The number of anilines is 2. The summed E-state index contributed by atoms with van der Waals surface area (Å²) in [6.45, 7) is 2.59.